The molecule has 0 bridgehead atoms. The summed E-state index contributed by atoms with van der Waals surface area (Å²) in [5.41, 5.74) is 2.43. The van der Waals surface area contributed by atoms with Crippen LogP contribution in [0.3, 0.4) is 0 Å². The molecule has 1 unspecified atom stereocenters. The Morgan fingerprint density at radius 1 is 1.15 bits per heavy atom. The molecule has 0 fully saturated rings. The topological polar surface area (TPSA) is 62.6 Å². The van der Waals surface area contributed by atoms with E-state index in [0.717, 1.165) is 10.0 Å². The largest absolute Gasteiger partial charge is 0.451 e. The molecule has 6 heteroatoms. The van der Waals surface area contributed by atoms with E-state index < -0.39 is 5.91 Å². The highest BCUT2D eigenvalue weighted by Gasteiger charge is 2.18. The summed E-state index contributed by atoms with van der Waals surface area (Å²) in [4.78, 5) is 26.9. The van der Waals surface area contributed by atoms with Crippen LogP contribution in [0.5, 0.6) is 0 Å². The van der Waals surface area contributed by atoms with Crippen LogP contribution in [0, 0.1) is 6.92 Å². The fourth-order valence-electron chi connectivity index (χ4n) is 2.90. The predicted octanol–water partition coefficient (Wildman–Crippen LogP) is 3.90. The van der Waals surface area contributed by atoms with E-state index in [-0.39, 0.29) is 17.2 Å². The first-order valence-corrected chi connectivity index (χ1v) is 9.39. The molecule has 3 rings (SSSR count). The van der Waals surface area contributed by atoms with Crippen molar-refractivity contribution in [3.05, 3.63) is 80.1 Å². The van der Waals surface area contributed by atoms with Crippen molar-refractivity contribution in [2.75, 3.05) is 20.6 Å². The van der Waals surface area contributed by atoms with Crippen molar-refractivity contribution in [1.82, 2.24) is 10.2 Å². The molecule has 0 aliphatic rings. The van der Waals surface area contributed by atoms with E-state index in [1.165, 1.54) is 11.6 Å². The van der Waals surface area contributed by atoms with E-state index in [2.05, 4.69) is 33.4 Å². The Kier molecular flexibility index (Phi) is 5.77. The quantitative estimate of drug-likeness (QED) is 0.669. The smallest absolute Gasteiger partial charge is 0.287 e. The number of benzene rings is 2. The van der Waals surface area contributed by atoms with Crippen LogP contribution in [-0.4, -0.2) is 31.4 Å². The van der Waals surface area contributed by atoms with Gasteiger partial charge in [0.1, 0.15) is 5.58 Å². The fraction of sp³-hybridized carbons (Fsp3) is 0.238. The van der Waals surface area contributed by atoms with Crippen molar-refractivity contribution < 1.29 is 9.21 Å². The Hall–Kier alpha value is -2.44. The van der Waals surface area contributed by atoms with Gasteiger partial charge in [-0.3, -0.25) is 9.59 Å². The van der Waals surface area contributed by atoms with Crippen molar-refractivity contribution in [2.24, 2.45) is 0 Å². The minimum absolute atomic E-state index is 0.00649. The number of nitrogens with zero attached hydrogens (tertiary/aromatic N) is 1. The standard InChI is InChI=1S/C21H21BrN2O3/c1-13-4-6-14(7-5-13)17(24(2)3)12-23-21(26)20-11-18(25)16-9-8-15(22)10-19(16)27-20/h4-11,17H,12H2,1-3H3,(H,23,26). The second-order valence-corrected chi connectivity index (χ2v) is 7.63. The third-order valence-electron chi connectivity index (χ3n) is 4.46. The molecule has 3 aromatic rings. The van der Waals surface area contributed by atoms with E-state index >= 15 is 0 Å². The van der Waals surface area contributed by atoms with Crippen LogP contribution >= 0.6 is 15.9 Å². The summed E-state index contributed by atoms with van der Waals surface area (Å²) in [5, 5.41) is 3.32. The fourth-order valence-corrected chi connectivity index (χ4v) is 3.24. The average molecular weight is 429 g/mol. The van der Waals surface area contributed by atoms with Gasteiger partial charge in [-0.1, -0.05) is 45.8 Å². The van der Waals surface area contributed by atoms with Crippen LogP contribution in [0.1, 0.15) is 27.7 Å². The second-order valence-electron chi connectivity index (χ2n) is 6.72. The minimum atomic E-state index is -0.409. The van der Waals surface area contributed by atoms with Crippen molar-refractivity contribution >= 4 is 32.8 Å². The summed E-state index contributed by atoms with van der Waals surface area (Å²) in [5.74, 6) is -0.403. The highest BCUT2D eigenvalue weighted by molar-refractivity contribution is 9.10. The third kappa shape index (κ3) is 4.46. The first kappa shape index (κ1) is 19.3. The molecule has 0 saturated heterocycles. The zero-order valence-corrected chi connectivity index (χ0v) is 17.0. The van der Waals surface area contributed by atoms with Gasteiger partial charge in [-0.25, -0.2) is 0 Å². The van der Waals surface area contributed by atoms with Gasteiger partial charge in [0.05, 0.1) is 11.4 Å². The summed E-state index contributed by atoms with van der Waals surface area (Å²) in [6.45, 7) is 2.44. The number of halogens is 1. The predicted molar refractivity (Wildman–Crippen MR) is 110 cm³/mol. The number of rotatable bonds is 5. The lowest BCUT2D eigenvalue weighted by Gasteiger charge is -2.25. The van der Waals surface area contributed by atoms with Crippen LogP contribution < -0.4 is 10.7 Å². The lowest BCUT2D eigenvalue weighted by molar-refractivity contribution is 0.0914. The zero-order chi connectivity index (χ0) is 19.6. The second kappa shape index (κ2) is 8.06. The molecular weight excluding hydrogens is 408 g/mol. The maximum atomic E-state index is 12.6. The van der Waals surface area contributed by atoms with Gasteiger partial charge in [0.15, 0.2) is 11.2 Å². The SMILES string of the molecule is Cc1ccc(C(CNC(=O)c2cc(=O)c3ccc(Br)cc3o2)N(C)C)cc1. The number of carbonyl (C=O) groups excluding carboxylic acids is 1. The molecular formula is C21H21BrN2O3. The van der Waals surface area contributed by atoms with Crippen molar-refractivity contribution in [3.8, 4) is 0 Å². The molecule has 1 heterocycles. The van der Waals surface area contributed by atoms with Gasteiger partial charge in [-0.15, -0.1) is 0 Å². The molecule has 0 aliphatic heterocycles. The monoisotopic (exact) mass is 428 g/mol. The number of amides is 1. The molecule has 27 heavy (non-hydrogen) atoms. The molecule has 1 atom stereocenters. The lowest BCUT2D eigenvalue weighted by atomic mass is 10.0. The molecule has 5 nitrogen and oxygen atoms in total. The first-order valence-electron chi connectivity index (χ1n) is 8.60. The van der Waals surface area contributed by atoms with Crippen molar-refractivity contribution in [2.45, 2.75) is 13.0 Å². The number of nitrogens with one attached hydrogen (secondary N) is 1. The van der Waals surface area contributed by atoms with E-state index in [0.29, 0.717) is 17.5 Å². The van der Waals surface area contributed by atoms with Gasteiger partial charge in [-0.05, 0) is 44.8 Å². The molecule has 2 aromatic carbocycles. The van der Waals surface area contributed by atoms with Crippen molar-refractivity contribution in [1.29, 1.82) is 0 Å². The lowest BCUT2D eigenvalue weighted by Crippen LogP contribution is -2.34. The van der Waals surface area contributed by atoms with Crippen molar-refractivity contribution in [3.63, 3.8) is 0 Å². The molecule has 1 amide bonds. The molecule has 0 spiro atoms. The third-order valence-corrected chi connectivity index (χ3v) is 4.95. The number of hydrogen-bond donors (Lipinski definition) is 1. The van der Waals surface area contributed by atoms with E-state index in [1.807, 2.05) is 38.1 Å². The number of aryl methyl sites for hydroxylation is 1. The van der Waals surface area contributed by atoms with Crippen LogP contribution in [0.25, 0.3) is 11.0 Å². The maximum absolute atomic E-state index is 12.6. The van der Waals surface area contributed by atoms with Gasteiger partial charge in [0.2, 0.25) is 0 Å². The molecule has 1 N–H and O–H groups in total. The summed E-state index contributed by atoms with van der Waals surface area (Å²) in [6, 6.07) is 14.6. The summed E-state index contributed by atoms with van der Waals surface area (Å²) < 4.78 is 6.42. The Labute approximate surface area is 166 Å². The highest BCUT2D eigenvalue weighted by atomic mass is 79.9. The van der Waals surface area contributed by atoms with Gasteiger partial charge in [0, 0.05) is 17.1 Å². The van der Waals surface area contributed by atoms with E-state index in [1.54, 1.807) is 18.2 Å². The van der Waals surface area contributed by atoms with Gasteiger partial charge in [0.25, 0.3) is 5.91 Å². The van der Waals surface area contributed by atoms with E-state index in [4.69, 9.17) is 4.42 Å². The zero-order valence-electron chi connectivity index (χ0n) is 15.5. The Bertz CT molecular complexity index is 1030. The molecule has 0 radical (unpaired) electrons. The van der Waals surface area contributed by atoms with Crippen LogP contribution in [-0.2, 0) is 0 Å². The maximum Gasteiger partial charge on any atom is 0.287 e. The summed E-state index contributed by atoms with van der Waals surface area (Å²) in [6.07, 6.45) is 0. The minimum Gasteiger partial charge on any atom is -0.451 e. The summed E-state index contributed by atoms with van der Waals surface area (Å²) >= 11 is 3.35. The molecule has 1 aromatic heterocycles. The highest BCUT2D eigenvalue weighted by Crippen LogP contribution is 2.20. The normalized spacial score (nSPS) is 12.3. The molecule has 140 valence electrons. The Morgan fingerprint density at radius 3 is 2.52 bits per heavy atom. The average Bonchev–Trinajstić information content (AvgIpc) is 2.62. The molecule has 0 saturated carbocycles. The van der Waals surface area contributed by atoms with Gasteiger partial charge >= 0.3 is 0 Å². The Morgan fingerprint density at radius 2 is 1.85 bits per heavy atom. The number of hydrogen-bond acceptors (Lipinski definition) is 4. The Balaban J connectivity index is 1.81. The number of fused-ring (bicyclic) bond motifs is 1. The first-order chi connectivity index (χ1) is 12.8. The summed E-state index contributed by atoms with van der Waals surface area (Å²) in [7, 11) is 3.93. The van der Waals surface area contributed by atoms with Gasteiger partial charge in [-0.2, -0.15) is 0 Å². The van der Waals surface area contributed by atoms with Gasteiger partial charge < -0.3 is 14.6 Å². The van der Waals surface area contributed by atoms with E-state index in [9.17, 15) is 9.59 Å². The van der Waals surface area contributed by atoms with Crippen LogP contribution in [0.15, 0.2) is 62.2 Å². The van der Waals surface area contributed by atoms with Crippen LogP contribution in [0.4, 0.5) is 0 Å². The molecule has 0 aliphatic carbocycles. The number of likely N-dealkylation sites (N-methyl/N-ethyl adjacent to an activating group) is 1. The number of carbonyl (C=O) groups is 1. The van der Waals surface area contributed by atoms with Crippen LogP contribution in [0.2, 0.25) is 0 Å².